The number of aromatic nitrogens is 1. The number of nitrogens with zero attached hydrogens (tertiary/aromatic N) is 1. The van der Waals surface area contributed by atoms with Gasteiger partial charge in [0, 0.05) is 23.3 Å². The Morgan fingerprint density at radius 3 is 2.86 bits per heavy atom. The first-order valence-electron chi connectivity index (χ1n) is 4.30. The summed E-state index contributed by atoms with van der Waals surface area (Å²) in [5.41, 5.74) is 0.686. The van der Waals surface area contributed by atoms with Crippen LogP contribution >= 0.6 is 0 Å². The third kappa shape index (κ3) is 1.34. The molecule has 0 saturated heterocycles. The van der Waals surface area contributed by atoms with Crippen LogP contribution in [0.1, 0.15) is 11.7 Å². The van der Waals surface area contributed by atoms with E-state index in [0.717, 1.165) is 10.8 Å². The Morgan fingerprint density at radius 2 is 2.07 bits per heavy atom. The number of pyridine rings is 1. The van der Waals surface area contributed by atoms with Gasteiger partial charge in [-0.3, -0.25) is 4.98 Å². The molecule has 1 heterocycles. The second-order valence-electron chi connectivity index (χ2n) is 3.02. The molecule has 1 atom stereocenters. The predicted octanol–water partition coefficient (Wildman–Crippen LogP) is 1.90. The van der Waals surface area contributed by atoms with E-state index in [9.17, 15) is 5.11 Å². The highest BCUT2D eigenvalue weighted by molar-refractivity contribution is 5.85. The minimum Gasteiger partial charge on any atom is -0.376 e. The van der Waals surface area contributed by atoms with Gasteiger partial charge in [-0.2, -0.15) is 0 Å². The van der Waals surface area contributed by atoms with Gasteiger partial charge in [0.1, 0.15) is 6.10 Å². The van der Waals surface area contributed by atoms with Crippen molar-refractivity contribution in [3.05, 3.63) is 42.2 Å². The van der Waals surface area contributed by atoms with E-state index < -0.39 is 6.10 Å². The fourth-order valence-electron chi connectivity index (χ4n) is 1.45. The SMILES string of the molecule is C#CC(O)c1cncc2ccccc12. The van der Waals surface area contributed by atoms with Gasteiger partial charge in [-0.05, 0) is 5.39 Å². The Hall–Kier alpha value is -1.85. The second kappa shape index (κ2) is 3.49. The first kappa shape index (κ1) is 8.74. The lowest BCUT2D eigenvalue weighted by atomic mass is 10.0. The van der Waals surface area contributed by atoms with E-state index in [1.165, 1.54) is 0 Å². The molecule has 1 aromatic heterocycles. The first-order chi connectivity index (χ1) is 6.83. The number of hydrogen-bond donors (Lipinski definition) is 1. The van der Waals surface area contributed by atoms with Crippen molar-refractivity contribution >= 4 is 10.8 Å². The van der Waals surface area contributed by atoms with Crippen molar-refractivity contribution in [3.8, 4) is 12.3 Å². The van der Waals surface area contributed by atoms with Crippen molar-refractivity contribution in [2.24, 2.45) is 0 Å². The highest BCUT2D eigenvalue weighted by Crippen LogP contribution is 2.22. The molecule has 1 unspecified atom stereocenters. The molecule has 0 saturated carbocycles. The number of hydrogen-bond acceptors (Lipinski definition) is 2. The molecule has 0 bridgehead atoms. The van der Waals surface area contributed by atoms with E-state index in [0.29, 0.717) is 5.56 Å². The molecular weight excluding hydrogens is 174 g/mol. The van der Waals surface area contributed by atoms with Crippen LogP contribution in [0.5, 0.6) is 0 Å². The summed E-state index contributed by atoms with van der Waals surface area (Å²) in [6.07, 6.45) is 7.64. The third-order valence-electron chi connectivity index (χ3n) is 2.15. The summed E-state index contributed by atoms with van der Waals surface area (Å²) < 4.78 is 0. The van der Waals surface area contributed by atoms with Crippen molar-refractivity contribution in [2.75, 3.05) is 0 Å². The summed E-state index contributed by atoms with van der Waals surface area (Å²) in [7, 11) is 0. The summed E-state index contributed by atoms with van der Waals surface area (Å²) in [5.74, 6) is 2.29. The average Bonchev–Trinajstić information content (AvgIpc) is 2.27. The van der Waals surface area contributed by atoms with Gasteiger partial charge in [0.15, 0.2) is 0 Å². The highest BCUT2D eigenvalue weighted by atomic mass is 16.3. The Labute approximate surface area is 82.2 Å². The molecule has 0 amide bonds. The number of fused-ring (bicyclic) bond motifs is 1. The monoisotopic (exact) mass is 183 g/mol. The van der Waals surface area contributed by atoms with Crippen molar-refractivity contribution in [1.82, 2.24) is 4.98 Å². The van der Waals surface area contributed by atoms with Crippen LogP contribution in [-0.2, 0) is 0 Å². The summed E-state index contributed by atoms with van der Waals surface area (Å²) in [5, 5.41) is 11.5. The molecule has 2 nitrogen and oxygen atoms in total. The topological polar surface area (TPSA) is 33.1 Å². The summed E-state index contributed by atoms with van der Waals surface area (Å²) >= 11 is 0. The third-order valence-corrected chi connectivity index (χ3v) is 2.15. The van der Waals surface area contributed by atoms with E-state index in [1.54, 1.807) is 12.4 Å². The van der Waals surface area contributed by atoms with Crippen LogP contribution in [0.4, 0.5) is 0 Å². The van der Waals surface area contributed by atoms with E-state index in [-0.39, 0.29) is 0 Å². The first-order valence-corrected chi connectivity index (χ1v) is 4.30. The molecule has 14 heavy (non-hydrogen) atoms. The number of benzene rings is 1. The summed E-state index contributed by atoms with van der Waals surface area (Å²) in [4.78, 5) is 4.03. The van der Waals surface area contributed by atoms with Crippen LogP contribution < -0.4 is 0 Å². The lowest BCUT2D eigenvalue weighted by Crippen LogP contribution is -1.95. The summed E-state index contributed by atoms with van der Waals surface area (Å²) in [6, 6.07) is 7.70. The number of aliphatic hydroxyl groups is 1. The van der Waals surface area contributed by atoms with Crippen molar-refractivity contribution < 1.29 is 5.11 Å². The maximum absolute atomic E-state index is 9.55. The zero-order valence-electron chi connectivity index (χ0n) is 7.51. The standard InChI is InChI=1S/C12H9NO/c1-2-12(14)11-8-13-7-9-5-3-4-6-10(9)11/h1,3-8,12,14H. The second-order valence-corrected chi connectivity index (χ2v) is 3.02. The summed E-state index contributed by atoms with van der Waals surface area (Å²) in [6.45, 7) is 0. The Bertz CT molecular complexity index is 494. The largest absolute Gasteiger partial charge is 0.376 e. The highest BCUT2D eigenvalue weighted by Gasteiger charge is 2.07. The minimum atomic E-state index is -0.881. The maximum atomic E-state index is 9.55. The number of aliphatic hydroxyl groups excluding tert-OH is 1. The molecule has 2 heteroatoms. The van der Waals surface area contributed by atoms with Crippen molar-refractivity contribution in [3.63, 3.8) is 0 Å². The van der Waals surface area contributed by atoms with Crippen LogP contribution in [0, 0.1) is 12.3 Å². The van der Waals surface area contributed by atoms with E-state index >= 15 is 0 Å². The van der Waals surface area contributed by atoms with Gasteiger partial charge < -0.3 is 5.11 Å². The van der Waals surface area contributed by atoms with Crippen LogP contribution in [0.15, 0.2) is 36.7 Å². The maximum Gasteiger partial charge on any atom is 0.142 e. The van der Waals surface area contributed by atoms with E-state index in [2.05, 4.69) is 10.9 Å². The Balaban J connectivity index is 2.72. The van der Waals surface area contributed by atoms with E-state index in [1.807, 2.05) is 24.3 Å². The van der Waals surface area contributed by atoms with Gasteiger partial charge in [0.05, 0.1) is 0 Å². The van der Waals surface area contributed by atoms with Crippen LogP contribution in [-0.4, -0.2) is 10.1 Å². The number of terminal acetylenes is 1. The van der Waals surface area contributed by atoms with Gasteiger partial charge in [0.2, 0.25) is 0 Å². The molecule has 0 aliphatic carbocycles. The molecule has 0 radical (unpaired) electrons. The van der Waals surface area contributed by atoms with Gasteiger partial charge >= 0.3 is 0 Å². The molecule has 2 aromatic rings. The molecule has 0 fully saturated rings. The Kier molecular flexibility index (Phi) is 2.18. The lowest BCUT2D eigenvalue weighted by Gasteiger charge is -2.06. The minimum absolute atomic E-state index is 0.686. The van der Waals surface area contributed by atoms with Gasteiger partial charge in [-0.1, -0.05) is 30.2 Å². The molecule has 68 valence electrons. The zero-order chi connectivity index (χ0) is 9.97. The smallest absolute Gasteiger partial charge is 0.142 e. The quantitative estimate of drug-likeness (QED) is 0.685. The zero-order valence-corrected chi connectivity index (χ0v) is 7.51. The molecule has 0 spiro atoms. The fourth-order valence-corrected chi connectivity index (χ4v) is 1.45. The van der Waals surface area contributed by atoms with Crippen molar-refractivity contribution in [2.45, 2.75) is 6.10 Å². The average molecular weight is 183 g/mol. The Morgan fingerprint density at radius 1 is 1.29 bits per heavy atom. The van der Waals surface area contributed by atoms with Crippen LogP contribution in [0.3, 0.4) is 0 Å². The predicted molar refractivity (Wildman–Crippen MR) is 55.5 cm³/mol. The van der Waals surface area contributed by atoms with Gasteiger partial charge in [-0.25, -0.2) is 0 Å². The van der Waals surface area contributed by atoms with Crippen LogP contribution in [0.2, 0.25) is 0 Å². The molecular formula is C12H9NO. The van der Waals surface area contributed by atoms with Crippen LogP contribution in [0.25, 0.3) is 10.8 Å². The normalized spacial score (nSPS) is 12.3. The van der Waals surface area contributed by atoms with Crippen molar-refractivity contribution in [1.29, 1.82) is 0 Å². The molecule has 1 aromatic carbocycles. The molecule has 0 aliphatic heterocycles. The van der Waals surface area contributed by atoms with Gasteiger partial charge in [-0.15, -0.1) is 6.42 Å². The molecule has 1 N–H and O–H groups in total. The van der Waals surface area contributed by atoms with E-state index in [4.69, 9.17) is 6.42 Å². The molecule has 0 aliphatic rings. The van der Waals surface area contributed by atoms with Gasteiger partial charge in [0.25, 0.3) is 0 Å². The lowest BCUT2D eigenvalue weighted by molar-refractivity contribution is 0.240. The number of rotatable bonds is 1. The molecule has 2 rings (SSSR count). The fraction of sp³-hybridized carbons (Fsp3) is 0.0833.